The van der Waals surface area contributed by atoms with E-state index >= 15 is 0 Å². The van der Waals surface area contributed by atoms with Crippen molar-refractivity contribution in [3.63, 3.8) is 0 Å². The quantitative estimate of drug-likeness (QED) is 0.574. The maximum atomic E-state index is 13.2. The number of aryl methyl sites for hydroxylation is 1. The molecule has 0 spiro atoms. The van der Waals surface area contributed by atoms with Gasteiger partial charge in [0, 0.05) is 30.6 Å². The zero-order valence-electron chi connectivity index (χ0n) is 17.6. The monoisotopic (exact) mass is 429 g/mol. The zero-order valence-corrected chi connectivity index (χ0v) is 17.6. The number of hydrogen-bond donors (Lipinski definition) is 3. The van der Waals surface area contributed by atoms with Crippen molar-refractivity contribution in [3.05, 3.63) is 35.5 Å². The molecule has 9 nitrogen and oxygen atoms in total. The molecule has 0 saturated heterocycles. The minimum Gasteiger partial charge on any atom is -0.477 e. The summed E-state index contributed by atoms with van der Waals surface area (Å²) >= 11 is 0. The Labute approximate surface area is 179 Å². The number of benzene rings is 1. The molecule has 1 aromatic carbocycles. The van der Waals surface area contributed by atoms with Crippen LogP contribution >= 0.6 is 0 Å². The average Bonchev–Trinajstić information content (AvgIpc) is 3.05. The lowest BCUT2D eigenvalue weighted by molar-refractivity contribution is -0.138. The van der Waals surface area contributed by atoms with Gasteiger partial charge in [0.15, 0.2) is 5.78 Å². The van der Waals surface area contributed by atoms with E-state index < -0.39 is 29.1 Å². The first-order chi connectivity index (χ1) is 14.8. The number of aromatic nitrogens is 1. The van der Waals surface area contributed by atoms with Crippen molar-refractivity contribution in [1.82, 2.24) is 9.88 Å². The number of amides is 2. The number of nitrogens with two attached hydrogens (primary N) is 1. The Morgan fingerprint density at radius 2 is 1.97 bits per heavy atom. The molecule has 1 aliphatic rings. The number of nitrogens with one attached hydrogen (secondary N) is 1. The molecule has 1 heterocycles. The van der Waals surface area contributed by atoms with Gasteiger partial charge in [-0.3, -0.25) is 14.4 Å². The van der Waals surface area contributed by atoms with Gasteiger partial charge in [-0.15, -0.1) is 0 Å². The number of ketones is 1. The Morgan fingerprint density at radius 1 is 1.26 bits per heavy atom. The van der Waals surface area contributed by atoms with Crippen molar-refractivity contribution >= 4 is 34.5 Å². The first-order valence-electron chi connectivity index (χ1n) is 10.1. The topological polar surface area (TPSA) is 141 Å². The van der Waals surface area contributed by atoms with Gasteiger partial charge >= 0.3 is 5.97 Å². The number of carboxylic acids is 1. The summed E-state index contributed by atoms with van der Waals surface area (Å²) in [4.78, 5) is 50.2. The van der Waals surface area contributed by atoms with Gasteiger partial charge in [-0.1, -0.05) is 31.0 Å². The first kappa shape index (κ1) is 22.5. The van der Waals surface area contributed by atoms with Gasteiger partial charge in [-0.05, 0) is 18.9 Å². The molecular formula is C22H27N3O6. The summed E-state index contributed by atoms with van der Waals surface area (Å²) in [5.74, 6) is -3.64. The number of para-hydroxylation sites is 1. The normalized spacial score (nSPS) is 21.0. The lowest BCUT2D eigenvalue weighted by Crippen LogP contribution is -2.55. The number of carbonyl (C=O) groups excluding carboxylic acids is 3. The van der Waals surface area contributed by atoms with E-state index in [1.807, 2.05) is 0 Å². The number of nitrogens with zero attached hydrogens (tertiary/aromatic N) is 1. The van der Waals surface area contributed by atoms with Crippen LogP contribution in [0.2, 0.25) is 0 Å². The number of ether oxygens (including phenoxy) is 1. The summed E-state index contributed by atoms with van der Waals surface area (Å²) in [6.45, 7) is -0.377. The van der Waals surface area contributed by atoms with Crippen molar-refractivity contribution < 1.29 is 29.0 Å². The number of primary amides is 1. The lowest BCUT2D eigenvalue weighted by atomic mass is 9.60. The van der Waals surface area contributed by atoms with E-state index in [-0.39, 0.29) is 36.6 Å². The number of Topliss-reactive ketones (excluding diaryl/α,β-unsaturated/α-hetero) is 1. The van der Waals surface area contributed by atoms with E-state index in [9.17, 15) is 24.3 Å². The highest BCUT2D eigenvalue weighted by molar-refractivity contribution is 6.06. The molecule has 166 valence electrons. The predicted molar refractivity (Wildman–Crippen MR) is 113 cm³/mol. The fourth-order valence-electron chi connectivity index (χ4n) is 4.86. The highest BCUT2D eigenvalue weighted by Gasteiger charge is 2.53. The Bertz CT molecular complexity index is 1040. The fraction of sp³-hybridized carbons (Fsp3) is 0.455. The van der Waals surface area contributed by atoms with Gasteiger partial charge in [0.1, 0.15) is 12.3 Å². The van der Waals surface area contributed by atoms with Crippen LogP contribution in [0.25, 0.3) is 10.9 Å². The van der Waals surface area contributed by atoms with Crippen molar-refractivity contribution in [2.24, 2.45) is 18.7 Å². The van der Waals surface area contributed by atoms with E-state index in [1.165, 1.54) is 11.7 Å². The summed E-state index contributed by atoms with van der Waals surface area (Å²) in [6, 6.07) is 7.05. The molecule has 9 heteroatoms. The highest BCUT2D eigenvalue weighted by Crippen LogP contribution is 2.48. The Kier molecular flexibility index (Phi) is 6.45. The molecule has 2 amide bonds. The van der Waals surface area contributed by atoms with Gasteiger partial charge in [0.25, 0.3) is 0 Å². The Hall–Kier alpha value is -3.20. The van der Waals surface area contributed by atoms with Crippen molar-refractivity contribution in [3.8, 4) is 0 Å². The number of rotatable bonds is 8. The van der Waals surface area contributed by atoms with Gasteiger partial charge < -0.3 is 25.5 Å². The van der Waals surface area contributed by atoms with Gasteiger partial charge in [-0.25, -0.2) is 4.79 Å². The number of fused-ring (bicyclic) bond motifs is 1. The molecule has 2 aromatic rings. The van der Waals surface area contributed by atoms with Crippen molar-refractivity contribution in [1.29, 1.82) is 0 Å². The third-order valence-corrected chi connectivity index (χ3v) is 6.19. The Balaban J connectivity index is 2.18. The lowest BCUT2D eigenvalue weighted by Gasteiger charge is -2.41. The minimum atomic E-state index is -1.50. The second-order valence-corrected chi connectivity index (χ2v) is 7.93. The van der Waals surface area contributed by atoms with E-state index in [4.69, 9.17) is 10.5 Å². The first-order valence-corrected chi connectivity index (χ1v) is 10.1. The van der Waals surface area contributed by atoms with Crippen molar-refractivity contribution in [2.75, 3.05) is 20.3 Å². The fourth-order valence-corrected chi connectivity index (χ4v) is 4.86. The second-order valence-electron chi connectivity index (χ2n) is 7.93. The molecule has 0 bridgehead atoms. The molecule has 31 heavy (non-hydrogen) atoms. The molecule has 1 aromatic heterocycles. The van der Waals surface area contributed by atoms with Crippen LogP contribution in [0, 0.1) is 5.92 Å². The van der Waals surface area contributed by atoms with Crippen LogP contribution in [0.4, 0.5) is 0 Å². The van der Waals surface area contributed by atoms with E-state index in [2.05, 4.69) is 5.32 Å². The summed E-state index contributed by atoms with van der Waals surface area (Å²) in [7, 11) is 3.00. The van der Waals surface area contributed by atoms with Crippen LogP contribution in [0.15, 0.2) is 24.3 Å². The smallest absolute Gasteiger partial charge is 0.352 e. The Morgan fingerprint density at radius 3 is 2.61 bits per heavy atom. The third-order valence-electron chi connectivity index (χ3n) is 6.19. The summed E-state index contributed by atoms with van der Waals surface area (Å²) in [6.07, 6.45) is 1.92. The molecule has 4 N–H and O–H groups in total. The number of carboxylic acid groups (broad SMARTS) is 1. The van der Waals surface area contributed by atoms with Crippen LogP contribution in [-0.2, 0) is 31.6 Å². The van der Waals surface area contributed by atoms with Crippen LogP contribution < -0.4 is 11.1 Å². The number of hydrogen-bond acceptors (Lipinski definition) is 5. The summed E-state index contributed by atoms with van der Waals surface area (Å²) in [5.41, 5.74) is 5.28. The number of aromatic carboxylic acids is 1. The third kappa shape index (κ3) is 3.81. The standard InChI is InChI=1S/C22H27N3O6/c1-25-16-9-4-3-7-14(16)17(18(25)20(28)29)22(21(23)30)10-6-5-8-15(22)19(27)24-11-13(26)12-31-2/h3-4,7,9,15H,5-6,8,10-12H2,1-2H3,(H2,23,30)(H,24,27)(H,28,29)/t15-,22-/m0/s1. The molecular weight excluding hydrogens is 402 g/mol. The molecule has 2 atom stereocenters. The largest absolute Gasteiger partial charge is 0.477 e. The average molecular weight is 429 g/mol. The molecule has 3 rings (SSSR count). The van der Waals surface area contributed by atoms with E-state index in [1.54, 1.807) is 31.3 Å². The molecule has 0 aliphatic heterocycles. The van der Waals surface area contributed by atoms with Gasteiger partial charge in [0.05, 0.1) is 17.9 Å². The predicted octanol–water partition coefficient (Wildman–Crippen LogP) is 1.12. The van der Waals surface area contributed by atoms with E-state index in [0.717, 1.165) is 0 Å². The van der Waals surface area contributed by atoms with Crippen LogP contribution in [0.3, 0.4) is 0 Å². The van der Waals surface area contributed by atoms with Gasteiger partial charge in [-0.2, -0.15) is 0 Å². The van der Waals surface area contributed by atoms with Crippen LogP contribution in [-0.4, -0.2) is 53.5 Å². The van der Waals surface area contributed by atoms with E-state index in [0.29, 0.717) is 30.2 Å². The maximum absolute atomic E-state index is 13.2. The maximum Gasteiger partial charge on any atom is 0.352 e. The SMILES string of the molecule is COCC(=O)CNC(=O)[C@@H]1CCCC[C@@]1(C(N)=O)c1c(C(=O)O)n(C)c2ccccc12. The zero-order chi connectivity index (χ0) is 22.8. The second kappa shape index (κ2) is 8.89. The number of methoxy groups -OCH3 is 1. The summed E-state index contributed by atoms with van der Waals surface area (Å²) < 4.78 is 6.30. The highest BCUT2D eigenvalue weighted by atomic mass is 16.5. The van der Waals surface area contributed by atoms with Crippen LogP contribution in [0.5, 0.6) is 0 Å². The molecule has 0 radical (unpaired) electrons. The minimum absolute atomic E-state index is 0.0600. The molecule has 1 fully saturated rings. The summed E-state index contributed by atoms with van der Waals surface area (Å²) in [5, 5.41) is 13.2. The van der Waals surface area contributed by atoms with Crippen molar-refractivity contribution in [2.45, 2.75) is 31.1 Å². The molecule has 0 unspecified atom stereocenters. The van der Waals surface area contributed by atoms with Crippen LogP contribution in [0.1, 0.15) is 41.7 Å². The molecule has 1 saturated carbocycles. The molecule has 1 aliphatic carbocycles. The van der Waals surface area contributed by atoms with Gasteiger partial charge in [0.2, 0.25) is 11.8 Å². The number of carbonyl (C=O) groups is 4.